The second-order valence-electron chi connectivity index (χ2n) is 7.95. The van der Waals surface area contributed by atoms with Gasteiger partial charge in [-0.25, -0.2) is 0 Å². The van der Waals surface area contributed by atoms with Gasteiger partial charge in [0.1, 0.15) is 0 Å². The lowest BCUT2D eigenvalue weighted by atomic mass is 10.00. The third kappa shape index (κ3) is 4.28. The number of benzene rings is 2. The molecule has 2 aliphatic heterocycles. The van der Waals surface area contributed by atoms with Crippen LogP contribution in [0, 0.1) is 13.8 Å². The minimum atomic E-state index is 0.497. The van der Waals surface area contributed by atoms with Gasteiger partial charge >= 0.3 is 0 Å². The van der Waals surface area contributed by atoms with Crippen molar-refractivity contribution >= 4 is 11.4 Å². The molecule has 0 aromatic heterocycles. The molecule has 0 spiro atoms. The van der Waals surface area contributed by atoms with Crippen LogP contribution in [0.4, 0.5) is 11.4 Å². The van der Waals surface area contributed by atoms with Gasteiger partial charge in [-0.3, -0.25) is 0 Å². The van der Waals surface area contributed by atoms with Crippen molar-refractivity contribution < 1.29 is 0 Å². The van der Waals surface area contributed by atoms with Crippen molar-refractivity contribution in [3.05, 3.63) is 59.2 Å². The van der Waals surface area contributed by atoms with E-state index in [1.54, 1.807) is 0 Å². The molecule has 1 unspecified atom stereocenters. The number of para-hydroxylation sites is 1. The molecule has 4 nitrogen and oxygen atoms in total. The molecular weight excluding hydrogens is 332 g/mol. The van der Waals surface area contributed by atoms with Gasteiger partial charge < -0.3 is 20.4 Å². The zero-order valence-electron chi connectivity index (χ0n) is 16.7. The molecular formula is C23H32N4. The van der Waals surface area contributed by atoms with E-state index in [4.69, 9.17) is 0 Å². The highest BCUT2D eigenvalue weighted by molar-refractivity contribution is 5.56. The zero-order valence-corrected chi connectivity index (χ0v) is 16.7. The number of rotatable bonds is 4. The lowest BCUT2D eigenvalue weighted by Crippen LogP contribution is -2.51. The molecule has 2 saturated heterocycles. The molecule has 0 amide bonds. The molecule has 4 rings (SSSR count). The fourth-order valence-electron chi connectivity index (χ4n) is 4.41. The summed E-state index contributed by atoms with van der Waals surface area (Å²) in [6.07, 6.45) is 1.09. The average Bonchev–Trinajstić information content (AvgIpc) is 2.71. The Morgan fingerprint density at radius 3 is 2.41 bits per heavy atom. The number of nitrogens with zero attached hydrogens (tertiary/aromatic N) is 2. The topological polar surface area (TPSA) is 30.5 Å². The fourth-order valence-corrected chi connectivity index (χ4v) is 4.41. The van der Waals surface area contributed by atoms with Crippen LogP contribution in [-0.2, 0) is 6.42 Å². The Balaban J connectivity index is 1.46. The SMILES string of the molecule is Cc1ccc(CC2CN(c3ccccc3C)CCN2)cc1N1CCNCC1. The van der Waals surface area contributed by atoms with Gasteiger partial charge in [0.05, 0.1) is 0 Å². The maximum absolute atomic E-state index is 3.74. The number of anilines is 2. The van der Waals surface area contributed by atoms with Crippen molar-refractivity contribution in [3.63, 3.8) is 0 Å². The fraction of sp³-hybridized carbons (Fsp3) is 0.478. The van der Waals surface area contributed by atoms with Crippen molar-refractivity contribution in [2.24, 2.45) is 0 Å². The first-order valence-electron chi connectivity index (χ1n) is 10.3. The van der Waals surface area contributed by atoms with Crippen molar-refractivity contribution in [3.8, 4) is 0 Å². The Morgan fingerprint density at radius 1 is 0.852 bits per heavy atom. The Kier molecular flexibility index (Phi) is 5.65. The number of nitrogens with one attached hydrogen (secondary N) is 2. The third-order valence-corrected chi connectivity index (χ3v) is 5.92. The van der Waals surface area contributed by atoms with E-state index >= 15 is 0 Å². The second kappa shape index (κ2) is 8.32. The summed E-state index contributed by atoms with van der Waals surface area (Å²) < 4.78 is 0. The molecule has 1 atom stereocenters. The number of aryl methyl sites for hydroxylation is 2. The van der Waals surface area contributed by atoms with Crippen LogP contribution in [-0.4, -0.2) is 51.9 Å². The molecule has 4 heteroatoms. The van der Waals surface area contributed by atoms with Gasteiger partial charge in [-0.15, -0.1) is 0 Å². The minimum absolute atomic E-state index is 0.497. The lowest BCUT2D eigenvalue weighted by Gasteiger charge is -2.36. The number of hydrogen-bond donors (Lipinski definition) is 2. The smallest absolute Gasteiger partial charge is 0.0399 e. The van der Waals surface area contributed by atoms with E-state index in [0.717, 1.165) is 52.2 Å². The van der Waals surface area contributed by atoms with Crippen LogP contribution >= 0.6 is 0 Å². The summed E-state index contributed by atoms with van der Waals surface area (Å²) in [5.41, 5.74) is 7.00. The van der Waals surface area contributed by atoms with Crippen LogP contribution in [0.3, 0.4) is 0 Å². The van der Waals surface area contributed by atoms with Crippen LogP contribution in [0.2, 0.25) is 0 Å². The van der Waals surface area contributed by atoms with Gasteiger partial charge in [0.2, 0.25) is 0 Å². The standard InChI is InChI=1S/C23H32N4/c1-18-5-3-4-6-22(18)27-14-11-25-21(17-27)15-20-8-7-19(2)23(16-20)26-12-9-24-10-13-26/h3-8,16,21,24-25H,9-15,17H2,1-2H3. The summed E-state index contributed by atoms with van der Waals surface area (Å²) in [5.74, 6) is 0. The van der Waals surface area contributed by atoms with Gasteiger partial charge in [0.15, 0.2) is 0 Å². The maximum Gasteiger partial charge on any atom is 0.0399 e. The highest BCUT2D eigenvalue weighted by Crippen LogP contribution is 2.25. The Morgan fingerprint density at radius 2 is 1.59 bits per heavy atom. The minimum Gasteiger partial charge on any atom is -0.369 e. The highest BCUT2D eigenvalue weighted by Gasteiger charge is 2.21. The zero-order chi connectivity index (χ0) is 18.6. The first kappa shape index (κ1) is 18.3. The predicted octanol–water partition coefficient (Wildman–Crippen LogP) is 2.73. The number of hydrogen-bond acceptors (Lipinski definition) is 4. The van der Waals surface area contributed by atoms with Crippen LogP contribution in [0.5, 0.6) is 0 Å². The quantitative estimate of drug-likeness (QED) is 0.873. The van der Waals surface area contributed by atoms with Crippen molar-refractivity contribution in [2.75, 3.05) is 55.6 Å². The second-order valence-corrected chi connectivity index (χ2v) is 7.95. The van der Waals surface area contributed by atoms with E-state index < -0.39 is 0 Å². The van der Waals surface area contributed by atoms with E-state index in [9.17, 15) is 0 Å². The van der Waals surface area contributed by atoms with Crippen molar-refractivity contribution in [2.45, 2.75) is 26.3 Å². The molecule has 0 radical (unpaired) electrons. The molecule has 2 aromatic carbocycles. The third-order valence-electron chi connectivity index (χ3n) is 5.92. The molecule has 2 aromatic rings. The molecule has 0 aliphatic carbocycles. The summed E-state index contributed by atoms with van der Waals surface area (Å²) >= 11 is 0. The summed E-state index contributed by atoms with van der Waals surface area (Å²) in [5, 5.41) is 7.19. The summed E-state index contributed by atoms with van der Waals surface area (Å²) in [4.78, 5) is 5.07. The van der Waals surface area contributed by atoms with Crippen molar-refractivity contribution in [1.82, 2.24) is 10.6 Å². The molecule has 2 N–H and O–H groups in total. The molecule has 0 saturated carbocycles. The summed E-state index contributed by atoms with van der Waals surface area (Å²) in [6, 6.07) is 16.3. The van der Waals surface area contributed by atoms with Crippen LogP contribution in [0.1, 0.15) is 16.7 Å². The lowest BCUT2D eigenvalue weighted by molar-refractivity contribution is 0.454. The Labute approximate surface area is 163 Å². The molecule has 2 fully saturated rings. The maximum atomic E-state index is 3.74. The molecule has 144 valence electrons. The van der Waals surface area contributed by atoms with Crippen LogP contribution < -0.4 is 20.4 Å². The predicted molar refractivity (Wildman–Crippen MR) is 115 cm³/mol. The van der Waals surface area contributed by atoms with E-state index in [1.807, 2.05) is 0 Å². The van der Waals surface area contributed by atoms with Crippen LogP contribution in [0.25, 0.3) is 0 Å². The average molecular weight is 365 g/mol. The Hall–Kier alpha value is -2.04. The summed E-state index contributed by atoms with van der Waals surface area (Å²) in [6.45, 7) is 12.0. The molecule has 2 aliphatic rings. The number of piperazine rings is 2. The first-order valence-corrected chi connectivity index (χ1v) is 10.3. The molecule has 0 bridgehead atoms. The molecule has 2 heterocycles. The normalized spacial score (nSPS) is 20.7. The van der Waals surface area contributed by atoms with E-state index in [2.05, 4.69) is 76.7 Å². The van der Waals surface area contributed by atoms with Crippen molar-refractivity contribution in [1.29, 1.82) is 0 Å². The van der Waals surface area contributed by atoms with Gasteiger partial charge in [0.25, 0.3) is 0 Å². The largest absolute Gasteiger partial charge is 0.369 e. The molecule has 27 heavy (non-hydrogen) atoms. The Bertz CT molecular complexity index is 767. The van der Waals surface area contributed by atoms with Gasteiger partial charge in [-0.1, -0.05) is 30.3 Å². The van der Waals surface area contributed by atoms with Gasteiger partial charge in [0, 0.05) is 63.2 Å². The van der Waals surface area contributed by atoms with Gasteiger partial charge in [-0.05, 0) is 49.1 Å². The van der Waals surface area contributed by atoms with Crippen LogP contribution in [0.15, 0.2) is 42.5 Å². The van der Waals surface area contributed by atoms with E-state index in [-0.39, 0.29) is 0 Å². The van der Waals surface area contributed by atoms with Gasteiger partial charge in [-0.2, -0.15) is 0 Å². The van der Waals surface area contributed by atoms with E-state index in [1.165, 1.54) is 28.1 Å². The summed E-state index contributed by atoms with van der Waals surface area (Å²) in [7, 11) is 0. The highest BCUT2D eigenvalue weighted by atomic mass is 15.2. The van der Waals surface area contributed by atoms with E-state index in [0.29, 0.717) is 6.04 Å². The monoisotopic (exact) mass is 364 g/mol. The first-order chi connectivity index (χ1) is 13.2.